The molecule has 0 saturated carbocycles. The molecule has 1 atom stereocenters. The molecule has 0 heterocycles. The van der Waals surface area contributed by atoms with E-state index in [1.807, 2.05) is 0 Å². The fourth-order valence-corrected chi connectivity index (χ4v) is 1.16. The van der Waals surface area contributed by atoms with Crippen molar-refractivity contribution >= 4 is 23.8 Å². The van der Waals surface area contributed by atoms with E-state index in [1.54, 1.807) is 34.6 Å². The number of hydrogen-bond acceptors (Lipinski definition) is 4. The van der Waals surface area contributed by atoms with Crippen molar-refractivity contribution in [2.45, 2.75) is 53.1 Å². The molecule has 0 aromatic heterocycles. The Bertz CT molecular complexity index is 354. The third-order valence-corrected chi connectivity index (χ3v) is 2.16. The summed E-state index contributed by atoms with van der Waals surface area (Å²) in [4.78, 5) is 26.2. The number of rotatable bonds is 5. The number of Topliss-reactive ketones (excluding diaryl/α,β-unsaturated/α-hetero) is 1. The van der Waals surface area contributed by atoms with Crippen LogP contribution in [-0.4, -0.2) is 29.4 Å². The van der Waals surface area contributed by atoms with Crippen LogP contribution in [0.3, 0.4) is 0 Å². The molecule has 0 spiro atoms. The normalized spacial score (nSPS) is 13.4. The fourth-order valence-electron chi connectivity index (χ4n) is 1.16. The van der Waals surface area contributed by atoms with Gasteiger partial charge in [-0.15, -0.1) is 0 Å². The smallest absolute Gasteiger partial charge is 0.433 e. The standard InChI is InChI=1S/C13H22N2O3/c1-6-10(16)11(14)9(2)7-8-15-12(17)18-13(3,4)5/h8-9,14H,6-7H2,1-5H3. The van der Waals surface area contributed by atoms with Gasteiger partial charge in [0.15, 0.2) is 5.78 Å². The SMILES string of the molecule is CCC(=O)C(=N)C(C)CC=NC(=O)OC(C)(C)C. The van der Waals surface area contributed by atoms with Crippen molar-refractivity contribution in [3.63, 3.8) is 0 Å². The van der Waals surface area contributed by atoms with E-state index in [2.05, 4.69) is 4.99 Å². The van der Waals surface area contributed by atoms with E-state index in [9.17, 15) is 9.59 Å². The molecule has 18 heavy (non-hydrogen) atoms. The molecule has 0 rings (SSSR count). The van der Waals surface area contributed by atoms with Crippen LogP contribution < -0.4 is 0 Å². The van der Waals surface area contributed by atoms with Gasteiger partial charge < -0.3 is 10.1 Å². The van der Waals surface area contributed by atoms with Crippen molar-refractivity contribution in [2.24, 2.45) is 10.9 Å². The van der Waals surface area contributed by atoms with Gasteiger partial charge in [0.1, 0.15) is 5.60 Å². The Morgan fingerprint density at radius 3 is 2.39 bits per heavy atom. The summed E-state index contributed by atoms with van der Waals surface area (Å²) in [6.45, 7) is 8.77. The number of hydrogen-bond donors (Lipinski definition) is 1. The van der Waals surface area contributed by atoms with Crippen LogP contribution in [0.1, 0.15) is 47.5 Å². The van der Waals surface area contributed by atoms with Crippen molar-refractivity contribution in [3.05, 3.63) is 0 Å². The Labute approximate surface area is 108 Å². The first-order valence-electron chi connectivity index (χ1n) is 6.04. The molecular weight excluding hydrogens is 232 g/mol. The maximum Gasteiger partial charge on any atom is 0.433 e. The zero-order valence-electron chi connectivity index (χ0n) is 11.7. The van der Waals surface area contributed by atoms with Gasteiger partial charge in [-0.05, 0) is 27.2 Å². The first-order chi connectivity index (χ1) is 8.17. The quantitative estimate of drug-likeness (QED) is 0.766. The van der Waals surface area contributed by atoms with Gasteiger partial charge in [0.05, 0.1) is 5.71 Å². The molecule has 0 saturated heterocycles. The van der Waals surface area contributed by atoms with E-state index in [0.717, 1.165) is 0 Å². The molecule has 0 aromatic carbocycles. The molecule has 1 unspecified atom stereocenters. The number of amides is 1. The van der Waals surface area contributed by atoms with Gasteiger partial charge in [-0.2, -0.15) is 4.99 Å². The summed E-state index contributed by atoms with van der Waals surface area (Å²) in [5.41, 5.74) is -0.488. The molecular formula is C13H22N2O3. The molecule has 0 fully saturated rings. The number of carbonyl (C=O) groups is 2. The predicted octanol–water partition coefficient (Wildman–Crippen LogP) is 3.02. The highest BCUT2D eigenvalue weighted by atomic mass is 16.6. The highest BCUT2D eigenvalue weighted by molar-refractivity contribution is 6.39. The summed E-state index contributed by atoms with van der Waals surface area (Å²) in [6, 6.07) is 0. The third kappa shape index (κ3) is 6.93. The Hall–Kier alpha value is -1.52. The first-order valence-corrected chi connectivity index (χ1v) is 6.04. The van der Waals surface area contributed by atoms with E-state index >= 15 is 0 Å². The van der Waals surface area contributed by atoms with Crippen LogP contribution in [0.15, 0.2) is 4.99 Å². The molecule has 1 amide bonds. The van der Waals surface area contributed by atoms with Crippen LogP contribution >= 0.6 is 0 Å². The second-order valence-electron chi connectivity index (χ2n) is 5.12. The van der Waals surface area contributed by atoms with Crippen molar-refractivity contribution < 1.29 is 14.3 Å². The summed E-state index contributed by atoms with van der Waals surface area (Å²) in [5, 5.41) is 7.60. The molecule has 0 aliphatic carbocycles. The van der Waals surface area contributed by atoms with Crippen LogP contribution in [0.5, 0.6) is 0 Å². The molecule has 1 N–H and O–H groups in total. The van der Waals surface area contributed by atoms with Crippen LogP contribution in [0.2, 0.25) is 0 Å². The molecule has 0 aliphatic rings. The number of nitrogens with zero attached hydrogens (tertiary/aromatic N) is 1. The average Bonchev–Trinajstić information content (AvgIpc) is 2.24. The van der Waals surface area contributed by atoms with Gasteiger partial charge in [-0.25, -0.2) is 4.79 Å². The van der Waals surface area contributed by atoms with Crippen molar-refractivity contribution in [2.75, 3.05) is 0 Å². The van der Waals surface area contributed by atoms with E-state index in [1.165, 1.54) is 6.21 Å². The number of nitrogens with one attached hydrogen (secondary N) is 1. The molecule has 0 aliphatic heterocycles. The summed E-state index contributed by atoms with van der Waals surface area (Å²) in [6.07, 6.45) is 1.45. The number of aliphatic imine (C=N–C) groups is 1. The summed E-state index contributed by atoms with van der Waals surface area (Å²) in [7, 11) is 0. The lowest BCUT2D eigenvalue weighted by atomic mass is 9.98. The lowest BCUT2D eigenvalue weighted by molar-refractivity contribution is -0.113. The summed E-state index contributed by atoms with van der Waals surface area (Å²) >= 11 is 0. The minimum atomic E-state index is -0.650. The molecule has 102 valence electrons. The minimum Gasteiger partial charge on any atom is -0.442 e. The fraction of sp³-hybridized carbons (Fsp3) is 0.692. The van der Waals surface area contributed by atoms with Crippen LogP contribution in [0.25, 0.3) is 0 Å². The van der Waals surface area contributed by atoms with Gasteiger partial charge in [0.25, 0.3) is 0 Å². The predicted molar refractivity (Wildman–Crippen MR) is 71.5 cm³/mol. The van der Waals surface area contributed by atoms with Crippen LogP contribution in [0.4, 0.5) is 4.79 Å². The maximum absolute atomic E-state index is 11.3. The highest BCUT2D eigenvalue weighted by Gasteiger charge is 2.16. The lowest BCUT2D eigenvalue weighted by Crippen LogP contribution is -2.22. The van der Waals surface area contributed by atoms with Gasteiger partial charge in [-0.1, -0.05) is 13.8 Å². The second-order valence-corrected chi connectivity index (χ2v) is 5.12. The second kappa shape index (κ2) is 7.03. The van der Waals surface area contributed by atoms with Crippen molar-refractivity contribution in [3.8, 4) is 0 Å². The maximum atomic E-state index is 11.3. The molecule has 5 nitrogen and oxygen atoms in total. The van der Waals surface area contributed by atoms with E-state index in [0.29, 0.717) is 12.8 Å². The summed E-state index contributed by atoms with van der Waals surface area (Å²) in [5.74, 6) is -0.406. The van der Waals surface area contributed by atoms with E-state index in [-0.39, 0.29) is 17.4 Å². The van der Waals surface area contributed by atoms with Crippen molar-refractivity contribution in [1.29, 1.82) is 5.41 Å². The van der Waals surface area contributed by atoms with Gasteiger partial charge >= 0.3 is 6.09 Å². The molecule has 0 radical (unpaired) electrons. The van der Waals surface area contributed by atoms with Gasteiger partial charge in [-0.3, -0.25) is 4.79 Å². The first kappa shape index (κ1) is 16.5. The van der Waals surface area contributed by atoms with Crippen molar-refractivity contribution in [1.82, 2.24) is 0 Å². The Balaban J connectivity index is 4.21. The van der Waals surface area contributed by atoms with E-state index < -0.39 is 11.7 Å². The summed E-state index contributed by atoms with van der Waals surface area (Å²) < 4.78 is 4.99. The lowest BCUT2D eigenvalue weighted by Gasteiger charge is -2.17. The average molecular weight is 254 g/mol. The Morgan fingerprint density at radius 1 is 1.39 bits per heavy atom. The largest absolute Gasteiger partial charge is 0.442 e. The topological polar surface area (TPSA) is 79.6 Å². The number of carbonyl (C=O) groups excluding carboxylic acids is 2. The zero-order valence-corrected chi connectivity index (χ0v) is 11.7. The number of ketones is 1. The van der Waals surface area contributed by atoms with Crippen LogP contribution in [0, 0.1) is 11.3 Å². The molecule has 5 heteroatoms. The zero-order chi connectivity index (χ0) is 14.3. The molecule has 0 aromatic rings. The highest BCUT2D eigenvalue weighted by Crippen LogP contribution is 2.08. The number of ether oxygens (including phenoxy) is 1. The van der Waals surface area contributed by atoms with Gasteiger partial charge in [0.2, 0.25) is 0 Å². The van der Waals surface area contributed by atoms with Gasteiger partial charge in [0, 0.05) is 18.6 Å². The van der Waals surface area contributed by atoms with E-state index in [4.69, 9.17) is 10.1 Å². The van der Waals surface area contributed by atoms with Crippen LogP contribution in [-0.2, 0) is 9.53 Å². The Kier molecular flexibility index (Phi) is 6.44. The monoisotopic (exact) mass is 254 g/mol. The Morgan fingerprint density at radius 2 is 1.94 bits per heavy atom. The third-order valence-electron chi connectivity index (χ3n) is 2.16. The minimum absolute atomic E-state index is 0.0770. The molecule has 0 bridgehead atoms.